The van der Waals surface area contributed by atoms with Gasteiger partial charge in [0.25, 0.3) is 5.91 Å². The molecule has 1 aromatic carbocycles. The van der Waals surface area contributed by atoms with Crippen molar-refractivity contribution in [2.75, 3.05) is 0 Å². The van der Waals surface area contributed by atoms with E-state index in [4.69, 9.17) is 0 Å². The van der Waals surface area contributed by atoms with Gasteiger partial charge in [-0.25, -0.2) is 0 Å². The zero-order valence-corrected chi connectivity index (χ0v) is 13.3. The number of hydrogen-bond acceptors (Lipinski definition) is 3. The van der Waals surface area contributed by atoms with Gasteiger partial charge in [-0.3, -0.25) is 9.78 Å². The van der Waals surface area contributed by atoms with Crippen molar-refractivity contribution >= 4 is 32.9 Å². The number of fused-ring (bicyclic) bond motifs is 1. The molecule has 0 aliphatic heterocycles. The molecule has 118 valence electrons. The number of nitrogens with zero attached hydrogens (tertiary/aromatic N) is 3. The minimum absolute atomic E-state index is 0.230. The van der Waals surface area contributed by atoms with Crippen LogP contribution in [0.1, 0.15) is 21.5 Å². The van der Waals surface area contributed by atoms with E-state index >= 15 is 0 Å². The average Bonchev–Trinajstić information content (AvgIpc) is 2.83. The lowest BCUT2D eigenvalue weighted by Gasteiger charge is -2.14. The summed E-state index contributed by atoms with van der Waals surface area (Å²) in [4.78, 5) is 16.8. The number of benzene rings is 1. The lowest BCUT2D eigenvalue weighted by Crippen LogP contribution is -2.21. The van der Waals surface area contributed by atoms with E-state index in [-0.39, 0.29) is 5.56 Å². The Morgan fingerprint density at radius 1 is 1.22 bits per heavy atom. The number of rotatable bonds is 1. The number of aryl methyl sites for hydroxylation is 1. The Morgan fingerprint density at radius 3 is 2.65 bits per heavy atom. The summed E-state index contributed by atoms with van der Waals surface area (Å²) in [6.07, 6.45) is -3.12. The second-order valence-electron chi connectivity index (χ2n) is 4.87. The van der Waals surface area contributed by atoms with Gasteiger partial charge in [-0.15, -0.1) is 0 Å². The molecule has 2 aromatic heterocycles. The van der Waals surface area contributed by atoms with Gasteiger partial charge in [0.05, 0.1) is 16.6 Å². The lowest BCUT2D eigenvalue weighted by atomic mass is 10.0. The van der Waals surface area contributed by atoms with Crippen molar-refractivity contribution in [3.63, 3.8) is 0 Å². The van der Waals surface area contributed by atoms with E-state index in [0.29, 0.717) is 15.6 Å². The van der Waals surface area contributed by atoms with Crippen molar-refractivity contribution in [1.29, 1.82) is 0 Å². The first-order valence-electron chi connectivity index (χ1n) is 6.51. The summed E-state index contributed by atoms with van der Waals surface area (Å²) in [5.74, 6) is -0.848. The fraction of sp³-hybridized carbons (Fsp3) is 0.133. The molecule has 0 bridgehead atoms. The zero-order valence-electron chi connectivity index (χ0n) is 11.7. The van der Waals surface area contributed by atoms with Crippen LogP contribution >= 0.6 is 15.9 Å². The maximum Gasteiger partial charge on any atom is 0.417 e. The fourth-order valence-electron chi connectivity index (χ4n) is 2.36. The van der Waals surface area contributed by atoms with Crippen LogP contribution < -0.4 is 0 Å². The third kappa shape index (κ3) is 2.63. The fourth-order valence-corrected chi connectivity index (χ4v) is 2.83. The Labute approximate surface area is 137 Å². The quantitative estimate of drug-likeness (QED) is 0.632. The van der Waals surface area contributed by atoms with Crippen molar-refractivity contribution in [3.8, 4) is 0 Å². The number of carbonyl (C=O) groups is 1. The maximum absolute atomic E-state index is 13.2. The smallest absolute Gasteiger partial charge is 0.267 e. The van der Waals surface area contributed by atoms with Crippen LogP contribution in [0.5, 0.6) is 0 Å². The Kier molecular flexibility index (Phi) is 3.71. The van der Waals surface area contributed by atoms with Crippen LogP contribution in [-0.4, -0.2) is 20.7 Å². The highest BCUT2D eigenvalue weighted by atomic mass is 79.9. The molecule has 0 saturated heterocycles. The van der Waals surface area contributed by atoms with Gasteiger partial charge in [-0.05, 0) is 46.6 Å². The highest BCUT2D eigenvalue weighted by Gasteiger charge is 2.36. The molecule has 0 aliphatic carbocycles. The molecule has 0 N–H and O–H groups in total. The summed E-state index contributed by atoms with van der Waals surface area (Å²) in [6, 6.07) is 6.78. The molecule has 0 spiro atoms. The number of halogens is 4. The molecular formula is C15H9BrF3N3O. The predicted molar refractivity (Wildman–Crippen MR) is 81.1 cm³/mol. The minimum Gasteiger partial charge on any atom is -0.267 e. The first-order chi connectivity index (χ1) is 10.8. The van der Waals surface area contributed by atoms with Crippen LogP contribution in [0.2, 0.25) is 0 Å². The normalized spacial score (nSPS) is 11.9. The summed E-state index contributed by atoms with van der Waals surface area (Å²) < 4.78 is 40.9. The number of aromatic nitrogens is 3. The van der Waals surface area contributed by atoms with Gasteiger partial charge in [0.1, 0.15) is 5.52 Å². The zero-order chi connectivity index (χ0) is 16.8. The molecule has 0 amide bonds. The largest absolute Gasteiger partial charge is 0.417 e. The first kappa shape index (κ1) is 15.7. The van der Waals surface area contributed by atoms with Crippen LogP contribution in [0, 0.1) is 6.92 Å². The molecule has 0 aliphatic rings. The van der Waals surface area contributed by atoms with Gasteiger partial charge in [-0.1, -0.05) is 12.1 Å². The van der Waals surface area contributed by atoms with Crippen LogP contribution in [-0.2, 0) is 6.18 Å². The molecule has 0 atom stereocenters. The number of alkyl halides is 3. The van der Waals surface area contributed by atoms with Crippen LogP contribution in [0.15, 0.2) is 41.1 Å². The van der Waals surface area contributed by atoms with Crippen LogP contribution in [0.25, 0.3) is 11.0 Å². The van der Waals surface area contributed by atoms with Gasteiger partial charge in [0.2, 0.25) is 0 Å². The lowest BCUT2D eigenvalue weighted by molar-refractivity contribution is -0.138. The van der Waals surface area contributed by atoms with Crippen molar-refractivity contribution in [2.45, 2.75) is 13.1 Å². The maximum atomic E-state index is 13.2. The first-order valence-corrected chi connectivity index (χ1v) is 7.31. The van der Waals surface area contributed by atoms with Crippen molar-refractivity contribution in [3.05, 3.63) is 57.8 Å². The van der Waals surface area contributed by atoms with E-state index in [1.165, 1.54) is 25.3 Å². The molecular weight excluding hydrogens is 375 g/mol. The van der Waals surface area contributed by atoms with E-state index in [9.17, 15) is 18.0 Å². The van der Waals surface area contributed by atoms with Crippen molar-refractivity contribution in [2.24, 2.45) is 0 Å². The molecule has 0 fully saturated rings. The summed E-state index contributed by atoms with van der Waals surface area (Å²) in [5.41, 5.74) is -0.427. The third-order valence-electron chi connectivity index (χ3n) is 3.38. The highest BCUT2D eigenvalue weighted by molar-refractivity contribution is 9.10. The SMILES string of the molecule is Cc1cccc(C(F)(F)F)c1C(=O)n1nc(Br)c2ncccc21. The molecule has 0 unspecified atom stereocenters. The van der Waals surface area contributed by atoms with Gasteiger partial charge in [0, 0.05) is 6.20 Å². The van der Waals surface area contributed by atoms with E-state index in [2.05, 4.69) is 26.0 Å². The average molecular weight is 384 g/mol. The van der Waals surface area contributed by atoms with Gasteiger partial charge in [-0.2, -0.15) is 23.0 Å². The Balaban J connectivity index is 2.25. The summed E-state index contributed by atoms with van der Waals surface area (Å²) in [6.45, 7) is 1.46. The number of pyridine rings is 1. The topological polar surface area (TPSA) is 47.8 Å². The number of carbonyl (C=O) groups excluding carboxylic acids is 1. The molecule has 0 radical (unpaired) electrons. The third-order valence-corrected chi connectivity index (χ3v) is 3.92. The minimum atomic E-state index is -4.63. The molecule has 3 aromatic rings. The monoisotopic (exact) mass is 383 g/mol. The molecule has 0 saturated carbocycles. The Bertz CT molecular complexity index is 918. The van der Waals surface area contributed by atoms with Crippen molar-refractivity contribution < 1.29 is 18.0 Å². The van der Waals surface area contributed by atoms with Gasteiger partial charge in [0.15, 0.2) is 4.60 Å². The van der Waals surface area contributed by atoms with E-state index in [1.54, 1.807) is 12.1 Å². The van der Waals surface area contributed by atoms with Crippen LogP contribution in [0.4, 0.5) is 13.2 Å². The van der Waals surface area contributed by atoms with E-state index in [1.807, 2.05) is 0 Å². The summed E-state index contributed by atoms with van der Waals surface area (Å²) >= 11 is 3.17. The standard InChI is InChI=1S/C15H9BrF3N3O/c1-8-4-2-5-9(15(17,18)19)11(8)14(23)22-10-6-3-7-20-12(10)13(16)21-22/h2-7H,1H3. The summed E-state index contributed by atoms with van der Waals surface area (Å²) in [7, 11) is 0. The second kappa shape index (κ2) is 5.45. The van der Waals surface area contributed by atoms with Gasteiger partial charge < -0.3 is 0 Å². The highest BCUT2D eigenvalue weighted by Crippen LogP contribution is 2.34. The molecule has 4 nitrogen and oxygen atoms in total. The Hall–Kier alpha value is -2.22. The van der Waals surface area contributed by atoms with E-state index in [0.717, 1.165) is 10.7 Å². The predicted octanol–water partition coefficient (Wildman–Crippen LogP) is 4.21. The molecule has 8 heteroatoms. The van der Waals surface area contributed by atoms with Crippen molar-refractivity contribution in [1.82, 2.24) is 14.8 Å². The summed E-state index contributed by atoms with van der Waals surface area (Å²) in [5, 5.41) is 3.98. The second-order valence-corrected chi connectivity index (χ2v) is 5.63. The van der Waals surface area contributed by atoms with Crippen LogP contribution in [0.3, 0.4) is 0 Å². The Morgan fingerprint density at radius 2 is 1.96 bits per heavy atom. The molecule has 3 rings (SSSR count). The van der Waals surface area contributed by atoms with E-state index < -0.39 is 23.2 Å². The molecule has 2 heterocycles. The van der Waals surface area contributed by atoms with Gasteiger partial charge >= 0.3 is 6.18 Å². The molecule has 23 heavy (non-hydrogen) atoms. The number of hydrogen-bond donors (Lipinski definition) is 0.